The molecule has 0 radical (unpaired) electrons. The molecule has 0 amide bonds. The smallest absolute Gasteiger partial charge is 0.338 e. The Balaban J connectivity index is 1.98. The van der Waals surface area contributed by atoms with Crippen molar-refractivity contribution in [3.05, 3.63) is 83.2 Å². The molecule has 0 atom stereocenters. The molecule has 29 heavy (non-hydrogen) atoms. The second-order valence-corrected chi connectivity index (χ2v) is 6.71. The zero-order chi connectivity index (χ0) is 20.6. The fraction of sp³-hybridized carbons (Fsp3) is 0.280. The molecule has 0 unspecified atom stereocenters. The second kappa shape index (κ2) is 9.87. The molecule has 0 aliphatic rings. The molecular formula is C25H27NO3. The first-order valence-corrected chi connectivity index (χ1v) is 10.1. The van der Waals surface area contributed by atoms with E-state index >= 15 is 0 Å². The summed E-state index contributed by atoms with van der Waals surface area (Å²) in [6, 6.07) is 19.6. The number of esters is 1. The molecule has 4 heteroatoms. The Bertz CT molecular complexity index is 950. The topological polar surface area (TPSA) is 48.4 Å². The molecule has 3 aromatic rings. The highest BCUT2D eigenvalue weighted by molar-refractivity contribution is 5.90. The van der Waals surface area contributed by atoms with E-state index < -0.39 is 0 Å². The van der Waals surface area contributed by atoms with Gasteiger partial charge in [-0.2, -0.15) is 0 Å². The summed E-state index contributed by atoms with van der Waals surface area (Å²) in [6.45, 7) is 6.85. The number of carbonyl (C=O) groups excluding carboxylic acids is 1. The highest BCUT2D eigenvalue weighted by Crippen LogP contribution is 2.35. The average molecular weight is 389 g/mol. The highest BCUT2D eigenvalue weighted by Gasteiger charge is 2.16. The summed E-state index contributed by atoms with van der Waals surface area (Å²) in [5, 5.41) is 0. The van der Waals surface area contributed by atoms with Crippen molar-refractivity contribution in [3.8, 4) is 16.9 Å². The Morgan fingerprint density at radius 3 is 2.28 bits per heavy atom. The third-order valence-corrected chi connectivity index (χ3v) is 4.73. The molecule has 0 saturated heterocycles. The van der Waals surface area contributed by atoms with Crippen LogP contribution in [0.4, 0.5) is 0 Å². The van der Waals surface area contributed by atoms with Gasteiger partial charge in [-0.3, -0.25) is 4.98 Å². The van der Waals surface area contributed by atoms with E-state index in [2.05, 4.69) is 26.0 Å². The molecule has 0 N–H and O–H groups in total. The van der Waals surface area contributed by atoms with Gasteiger partial charge in [-0.05, 0) is 43.0 Å². The van der Waals surface area contributed by atoms with Gasteiger partial charge < -0.3 is 9.47 Å². The Labute approximate surface area is 172 Å². The first kappa shape index (κ1) is 20.6. The standard InChI is InChI=1S/C25H27NO3/c1-4-21-16-23(29-17-18-10-8-7-9-11-18)24(22(5-2)26-21)19-12-14-20(15-13-19)25(27)28-6-3/h7-16H,4-6,17H2,1-3H3. The van der Waals surface area contributed by atoms with Crippen molar-refractivity contribution in [3.63, 3.8) is 0 Å². The average Bonchev–Trinajstić information content (AvgIpc) is 2.78. The van der Waals surface area contributed by atoms with E-state index in [1.165, 1.54) is 0 Å². The van der Waals surface area contributed by atoms with Crippen molar-refractivity contribution < 1.29 is 14.3 Å². The van der Waals surface area contributed by atoms with Gasteiger partial charge in [0.15, 0.2) is 0 Å². The monoisotopic (exact) mass is 389 g/mol. The Kier molecular flexibility index (Phi) is 7.01. The fourth-order valence-corrected chi connectivity index (χ4v) is 3.21. The van der Waals surface area contributed by atoms with E-state index in [0.717, 1.165) is 46.7 Å². The van der Waals surface area contributed by atoms with Gasteiger partial charge in [-0.1, -0.05) is 56.3 Å². The van der Waals surface area contributed by atoms with Gasteiger partial charge in [0.25, 0.3) is 0 Å². The van der Waals surface area contributed by atoms with Crippen LogP contribution in [-0.2, 0) is 24.2 Å². The molecule has 1 heterocycles. The van der Waals surface area contributed by atoms with Crippen molar-refractivity contribution in [1.29, 1.82) is 0 Å². The second-order valence-electron chi connectivity index (χ2n) is 6.71. The lowest BCUT2D eigenvalue weighted by Gasteiger charge is -2.17. The molecule has 0 spiro atoms. The number of ether oxygens (including phenoxy) is 2. The normalized spacial score (nSPS) is 10.6. The van der Waals surface area contributed by atoms with Crippen LogP contribution in [0, 0.1) is 0 Å². The fourth-order valence-electron chi connectivity index (χ4n) is 3.21. The van der Waals surface area contributed by atoms with Crippen molar-refractivity contribution in [2.45, 2.75) is 40.2 Å². The summed E-state index contributed by atoms with van der Waals surface area (Å²) >= 11 is 0. The minimum Gasteiger partial charge on any atom is -0.488 e. The molecule has 3 rings (SSSR count). The molecular weight excluding hydrogens is 362 g/mol. The number of benzene rings is 2. The number of aromatic nitrogens is 1. The van der Waals surface area contributed by atoms with E-state index in [4.69, 9.17) is 14.5 Å². The molecule has 0 fully saturated rings. The van der Waals surface area contributed by atoms with Gasteiger partial charge in [0.05, 0.1) is 17.9 Å². The molecule has 1 aromatic heterocycles. The van der Waals surface area contributed by atoms with Crippen LogP contribution in [-0.4, -0.2) is 17.6 Å². The van der Waals surface area contributed by atoms with Crippen LogP contribution in [0.2, 0.25) is 0 Å². The lowest BCUT2D eigenvalue weighted by atomic mass is 9.99. The summed E-state index contributed by atoms with van der Waals surface area (Å²) in [6.07, 6.45) is 1.64. The SMILES string of the molecule is CCOC(=O)c1ccc(-c2c(OCc3ccccc3)cc(CC)nc2CC)cc1. The van der Waals surface area contributed by atoms with Gasteiger partial charge >= 0.3 is 5.97 Å². The van der Waals surface area contributed by atoms with Crippen molar-refractivity contribution >= 4 is 5.97 Å². The summed E-state index contributed by atoms with van der Waals surface area (Å²) < 4.78 is 11.3. The Morgan fingerprint density at radius 2 is 1.66 bits per heavy atom. The lowest BCUT2D eigenvalue weighted by Crippen LogP contribution is -2.05. The highest BCUT2D eigenvalue weighted by atomic mass is 16.5. The van der Waals surface area contributed by atoms with Gasteiger partial charge in [-0.25, -0.2) is 4.79 Å². The molecule has 4 nitrogen and oxygen atoms in total. The molecule has 150 valence electrons. The first-order chi connectivity index (χ1) is 14.2. The molecule has 0 aliphatic carbocycles. The number of hydrogen-bond donors (Lipinski definition) is 0. The van der Waals surface area contributed by atoms with Gasteiger partial charge in [0, 0.05) is 17.3 Å². The third kappa shape index (κ3) is 5.02. The van der Waals surface area contributed by atoms with Crippen molar-refractivity contribution in [1.82, 2.24) is 4.98 Å². The van der Waals surface area contributed by atoms with Crippen LogP contribution in [0.5, 0.6) is 5.75 Å². The number of nitrogens with zero attached hydrogens (tertiary/aromatic N) is 1. The number of rotatable bonds is 8. The number of pyridine rings is 1. The quantitative estimate of drug-likeness (QED) is 0.469. The first-order valence-electron chi connectivity index (χ1n) is 10.1. The Morgan fingerprint density at radius 1 is 0.931 bits per heavy atom. The minimum atomic E-state index is -0.310. The number of carbonyl (C=O) groups is 1. The molecule has 0 bridgehead atoms. The summed E-state index contributed by atoms with van der Waals surface area (Å²) in [5.74, 6) is 0.510. The number of aryl methyl sites for hydroxylation is 2. The maximum Gasteiger partial charge on any atom is 0.338 e. The summed E-state index contributed by atoms with van der Waals surface area (Å²) in [4.78, 5) is 16.8. The zero-order valence-electron chi connectivity index (χ0n) is 17.3. The van der Waals surface area contributed by atoms with Gasteiger partial charge in [0.1, 0.15) is 12.4 Å². The van der Waals surface area contributed by atoms with E-state index in [0.29, 0.717) is 18.8 Å². The van der Waals surface area contributed by atoms with Crippen LogP contribution in [0.15, 0.2) is 60.7 Å². The maximum atomic E-state index is 12.0. The molecule has 0 saturated carbocycles. The minimum absolute atomic E-state index is 0.310. The van der Waals surface area contributed by atoms with Crippen LogP contribution < -0.4 is 4.74 Å². The van der Waals surface area contributed by atoms with Gasteiger partial charge in [0.2, 0.25) is 0 Å². The predicted octanol–water partition coefficient (Wildman–Crippen LogP) is 5.63. The molecule has 2 aromatic carbocycles. The van der Waals surface area contributed by atoms with Gasteiger partial charge in [-0.15, -0.1) is 0 Å². The lowest BCUT2D eigenvalue weighted by molar-refractivity contribution is 0.0526. The third-order valence-electron chi connectivity index (χ3n) is 4.73. The van der Waals surface area contributed by atoms with Crippen LogP contribution >= 0.6 is 0 Å². The largest absolute Gasteiger partial charge is 0.488 e. The molecule has 0 aliphatic heterocycles. The van der Waals surface area contributed by atoms with E-state index in [1.54, 1.807) is 19.1 Å². The van der Waals surface area contributed by atoms with E-state index in [-0.39, 0.29) is 5.97 Å². The van der Waals surface area contributed by atoms with Crippen molar-refractivity contribution in [2.75, 3.05) is 6.61 Å². The summed E-state index contributed by atoms with van der Waals surface area (Å²) in [7, 11) is 0. The zero-order valence-corrected chi connectivity index (χ0v) is 17.3. The van der Waals surface area contributed by atoms with Crippen LogP contribution in [0.25, 0.3) is 11.1 Å². The van der Waals surface area contributed by atoms with Crippen LogP contribution in [0.1, 0.15) is 48.1 Å². The summed E-state index contributed by atoms with van der Waals surface area (Å²) in [5.41, 5.74) is 5.62. The maximum absolute atomic E-state index is 12.0. The number of hydrogen-bond acceptors (Lipinski definition) is 4. The Hall–Kier alpha value is -3.14. The van der Waals surface area contributed by atoms with E-state index in [9.17, 15) is 4.79 Å². The van der Waals surface area contributed by atoms with E-state index in [1.807, 2.05) is 36.4 Å². The van der Waals surface area contributed by atoms with Crippen molar-refractivity contribution in [2.24, 2.45) is 0 Å². The van der Waals surface area contributed by atoms with Crippen LogP contribution in [0.3, 0.4) is 0 Å². The predicted molar refractivity (Wildman–Crippen MR) is 115 cm³/mol.